The first kappa shape index (κ1) is 19.7. The van der Waals surface area contributed by atoms with Gasteiger partial charge in [0.25, 0.3) is 0 Å². The van der Waals surface area contributed by atoms with Gasteiger partial charge in [-0.15, -0.1) is 22.0 Å². The zero-order valence-electron chi connectivity index (χ0n) is 16.3. The summed E-state index contributed by atoms with van der Waals surface area (Å²) >= 11 is 1.61. The van der Waals surface area contributed by atoms with Crippen LogP contribution in [0.1, 0.15) is 43.4 Å². The first-order valence-corrected chi connectivity index (χ1v) is 10.5. The topological polar surface area (TPSA) is 67.1 Å². The number of hydrogen-bond donors (Lipinski definition) is 2. The van der Waals surface area contributed by atoms with Gasteiger partial charge in [0.15, 0.2) is 5.96 Å². The van der Waals surface area contributed by atoms with E-state index < -0.39 is 0 Å². The second kappa shape index (κ2) is 8.73. The minimum Gasteiger partial charge on any atom is -0.352 e. The number of guanidine groups is 1. The Kier molecular flexibility index (Phi) is 6.36. The molecule has 1 aliphatic heterocycles. The summed E-state index contributed by atoms with van der Waals surface area (Å²) in [5, 5.41) is 15.4. The SMILES string of the molecule is CN=C(NCc1cc(F)ccc1SC)NC1CCc2nnc(C(C)C)n2C1. The fraction of sp³-hybridized carbons (Fsp3) is 0.526. The molecule has 0 saturated carbocycles. The number of nitrogens with one attached hydrogen (secondary N) is 2. The van der Waals surface area contributed by atoms with Crippen LogP contribution in [0.15, 0.2) is 28.1 Å². The Labute approximate surface area is 164 Å². The number of hydrogen-bond acceptors (Lipinski definition) is 4. The van der Waals surface area contributed by atoms with Gasteiger partial charge in [-0.3, -0.25) is 4.99 Å². The van der Waals surface area contributed by atoms with Crippen LogP contribution in [0, 0.1) is 5.82 Å². The molecule has 27 heavy (non-hydrogen) atoms. The maximum Gasteiger partial charge on any atom is 0.191 e. The molecule has 0 aliphatic carbocycles. The molecule has 0 amide bonds. The number of rotatable bonds is 5. The normalized spacial score (nSPS) is 17.1. The molecule has 2 N–H and O–H groups in total. The monoisotopic (exact) mass is 390 g/mol. The third-order valence-electron chi connectivity index (χ3n) is 4.74. The van der Waals surface area contributed by atoms with Crippen LogP contribution in [0.5, 0.6) is 0 Å². The Bertz CT molecular complexity index is 817. The van der Waals surface area contributed by atoms with Gasteiger partial charge in [0, 0.05) is 43.4 Å². The van der Waals surface area contributed by atoms with Gasteiger partial charge in [-0.05, 0) is 36.4 Å². The van der Waals surface area contributed by atoms with Crippen LogP contribution in [-0.2, 0) is 19.5 Å². The highest BCUT2D eigenvalue weighted by Crippen LogP contribution is 2.22. The van der Waals surface area contributed by atoms with E-state index in [1.807, 2.05) is 12.3 Å². The minimum absolute atomic E-state index is 0.221. The largest absolute Gasteiger partial charge is 0.352 e. The van der Waals surface area contributed by atoms with Gasteiger partial charge in [0.1, 0.15) is 17.5 Å². The van der Waals surface area contributed by atoms with Crippen LogP contribution in [0.2, 0.25) is 0 Å². The van der Waals surface area contributed by atoms with E-state index in [0.29, 0.717) is 12.5 Å². The number of aryl methyl sites for hydroxylation is 1. The van der Waals surface area contributed by atoms with E-state index in [-0.39, 0.29) is 11.9 Å². The lowest BCUT2D eigenvalue weighted by atomic mass is 10.1. The van der Waals surface area contributed by atoms with E-state index in [0.717, 1.165) is 47.5 Å². The van der Waals surface area contributed by atoms with Gasteiger partial charge < -0.3 is 15.2 Å². The zero-order valence-corrected chi connectivity index (χ0v) is 17.1. The smallest absolute Gasteiger partial charge is 0.191 e. The van der Waals surface area contributed by atoms with Gasteiger partial charge in [-0.2, -0.15) is 0 Å². The van der Waals surface area contributed by atoms with Crippen LogP contribution >= 0.6 is 11.8 Å². The summed E-state index contributed by atoms with van der Waals surface area (Å²) in [7, 11) is 1.75. The first-order valence-electron chi connectivity index (χ1n) is 9.23. The molecule has 1 unspecified atom stereocenters. The molecule has 2 heterocycles. The molecule has 0 spiro atoms. The number of aromatic nitrogens is 3. The Morgan fingerprint density at radius 2 is 2.22 bits per heavy atom. The van der Waals surface area contributed by atoms with E-state index in [1.54, 1.807) is 24.9 Å². The Morgan fingerprint density at radius 3 is 2.93 bits per heavy atom. The van der Waals surface area contributed by atoms with Crippen LogP contribution in [-0.4, -0.2) is 40.1 Å². The third kappa shape index (κ3) is 4.61. The summed E-state index contributed by atoms with van der Waals surface area (Å²) in [6.45, 7) is 5.62. The molecule has 146 valence electrons. The number of benzene rings is 1. The van der Waals surface area contributed by atoms with Crippen LogP contribution in [0.3, 0.4) is 0 Å². The van der Waals surface area contributed by atoms with Crippen molar-refractivity contribution in [3.05, 3.63) is 41.2 Å². The maximum atomic E-state index is 13.6. The van der Waals surface area contributed by atoms with Crippen LogP contribution in [0.4, 0.5) is 4.39 Å². The Balaban J connectivity index is 1.63. The molecule has 0 bridgehead atoms. The van der Waals surface area contributed by atoms with Crippen molar-refractivity contribution in [1.82, 2.24) is 25.4 Å². The molecule has 0 saturated heterocycles. The lowest BCUT2D eigenvalue weighted by Gasteiger charge is -2.27. The number of nitrogens with zero attached hydrogens (tertiary/aromatic N) is 4. The second-order valence-corrected chi connectivity index (χ2v) is 7.85. The van der Waals surface area contributed by atoms with E-state index in [4.69, 9.17) is 0 Å². The van der Waals surface area contributed by atoms with Crippen molar-refractivity contribution in [3.63, 3.8) is 0 Å². The Hall–Kier alpha value is -2.09. The molecule has 6 nitrogen and oxygen atoms in total. The molecule has 0 radical (unpaired) electrons. The van der Waals surface area contributed by atoms with E-state index in [9.17, 15) is 4.39 Å². The van der Waals surface area contributed by atoms with Crippen molar-refractivity contribution in [3.8, 4) is 0 Å². The fourth-order valence-corrected chi connectivity index (χ4v) is 3.94. The number of aliphatic imine (C=N–C) groups is 1. The van der Waals surface area contributed by atoms with E-state index in [2.05, 4.69) is 44.2 Å². The fourth-order valence-electron chi connectivity index (χ4n) is 3.35. The molecule has 1 aliphatic rings. The summed E-state index contributed by atoms with van der Waals surface area (Å²) < 4.78 is 15.8. The summed E-state index contributed by atoms with van der Waals surface area (Å²) in [6.07, 6.45) is 3.87. The van der Waals surface area contributed by atoms with E-state index >= 15 is 0 Å². The molecule has 8 heteroatoms. The lowest BCUT2D eigenvalue weighted by molar-refractivity contribution is 0.407. The van der Waals surface area contributed by atoms with Crippen LogP contribution in [0.25, 0.3) is 0 Å². The number of halogens is 1. The lowest BCUT2D eigenvalue weighted by Crippen LogP contribution is -2.46. The maximum absolute atomic E-state index is 13.6. The molecule has 1 aromatic heterocycles. The molecule has 1 aromatic carbocycles. The van der Waals surface area contributed by atoms with Crippen molar-refractivity contribution >= 4 is 17.7 Å². The number of fused-ring (bicyclic) bond motifs is 1. The first-order chi connectivity index (χ1) is 13.0. The number of thioether (sulfide) groups is 1. The van der Waals surface area contributed by atoms with Crippen LogP contribution < -0.4 is 10.6 Å². The highest BCUT2D eigenvalue weighted by atomic mass is 32.2. The molecule has 0 fully saturated rings. The highest BCUT2D eigenvalue weighted by Gasteiger charge is 2.24. The Morgan fingerprint density at radius 1 is 1.41 bits per heavy atom. The second-order valence-electron chi connectivity index (χ2n) is 7.00. The van der Waals surface area contributed by atoms with Gasteiger partial charge in [0.05, 0.1) is 0 Å². The van der Waals surface area contributed by atoms with Gasteiger partial charge in [0.2, 0.25) is 0 Å². The predicted octanol–water partition coefficient (Wildman–Crippen LogP) is 2.94. The van der Waals surface area contributed by atoms with Gasteiger partial charge >= 0.3 is 0 Å². The molecular formula is C19H27FN6S. The quantitative estimate of drug-likeness (QED) is 0.467. The average Bonchev–Trinajstić information content (AvgIpc) is 3.08. The van der Waals surface area contributed by atoms with Crippen molar-refractivity contribution < 1.29 is 4.39 Å². The van der Waals surface area contributed by atoms with Crippen molar-refractivity contribution in [2.24, 2.45) is 4.99 Å². The minimum atomic E-state index is -0.221. The average molecular weight is 391 g/mol. The summed E-state index contributed by atoms with van der Waals surface area (Å²) in [5.74, 6) is 2.94. The molecule has 3 rings (SSSR count). The molecule has 2 aromatic rings. The highest BCUT2D eigenvalue weighted by molar-refractivity contribution is 7.98. The molecular weight excluding hydrogens is 363 g/mol. The summed E-state index contributed by atoms with van der Waals surface area (Å²) in [4.78, 5) is 5.39. The summed E-state index contributed by atoms with van der Waals surface area (Å²) in [6, 6.07) is 5.14. The van der Waals surface area contributed by atoms with Crippen molar-refractivity contribution in [2.45, 2.75) is 56.6 Å². The third-order valence-corrected chi connectivity index (χ3v) is 5.58. The van der Waals surface area contributed by atoms with E-state index in [1.165, 1.54) is 6.07 Å². The standard InChI is InChI=1S/C19H27FN6S/c1-12(2)18-25-24-17-8-6-15(11-26(17)18)23-19(21-3)22-10-13-9-14(20)5-7-16(13)27-4/h5,7,9,12,15H,6,8,10-11H2,1-4H3,(H2,21,22,23). The van der Waals surface area contributed by atoms with Crippen molar-refractivity contribution in [1.29, 1.82) is 0 Å². The summed E-state index contributed by atoms with van der Waals surface area (Å²) in [5.41, 5.74) is 0.928. The van der Waals surface area contributed by atoms with Gasteiger partial charge in [-0.1, -0.05) is 13.8 Å². The predicted molar refractivity (Wildman–Crippen MR) is 108 cm³/mol. The van der Waals surface area contributed by atoms with Gasteiger partial charge in [-0.25, -0.2) is 4.39 Å². The van der Waals surface area contributed by atoms with Crippen molar-refractivity contribution in [2.75, 3.05) is 13.3 Å². The zero-order chi connectivity index (χ0) is 19.4. The molecule has 1 atom stereocenters.